The lowest BCUT2D eigenvalue weighted by molar-refractivity contribution is 0.0532. The van der Waals surface area contributed by atoms with Gasteiger partial charge in [-0.3, -0.25) is 14.6 Å². The van der Waals surface area contributed by atoms with Crippen LogP contribution >= 0.6 is 11.6 Å². The molecule has 3 rings (SSSR count). The topological polar surface area (TPSA) is 62.7 Å². The molecular weight excluding hydrogens is 342 g/mol. The molecule has 130 valence electrons. The van der Waals surface area contributed by atoms with Gasteiger partial charge in [0, 0.05) is 32.4 Å². The van der Waals surface area contributed by atoms with Crippen molar-refractivity contribution in [2.75, 3.05) is 33.3 Å². The molecule has 0 atom stereocenters. The number of halogens is 1. The van der Waals surface area contributed by atoms with Gasteiger partial charge in [0.05, 0.1) is 17.7 Å². The third kappa shape index (κ3) is 3.74. The summed E-state index contributed by atoms with van der Waals surface area (Å²) in [5, 5.41) is 0.358. The van der Waals surface area contributed by atoms with Crippen LogP contribution in [0.5, 0.6) is 5.75 Å². The Labute approximate surface area is 151 Å². The van der Waals surface area contributed by atoms with E-state index in [9.17, 15) is 9.59 Å². The van der Waals surface area contributed by atoms with Crippen LogP contribution in [0.25, 0.3) is 0 Å². The number of rotatable bonds is 3. The van der Waals surface area contributed by atoms with E-state index in [4.69, 9.17) is 16.3 Å². The Morgan fingerprint density at radius 2 is 1.72 bits per heavy atom. The molecule has 0 spiro atoms. The molecule has 2 amide bonds. The molecule has 1 saturated heterocycles. The SMILES string of the molecule is COc1ccc(C(=O)N2CCN(C(=O)c3ccccn3)CC2)c(Cl)c1. The zero-order valence-electron chi connectivity index (χ0n) is 13.8. The molecule has 0 aliphatic carbocycles. The molecular formula is C18H18ClN3O3. The van der Waals surface area contributed by atoms with Gasteiger partial charge in [-0.1, -0.05) is 17.7 Å². The van der Waals surface area contributed by atoms with E-state index in [0.29, 0.717) is 48.2 Å². The van der Waals surface area contributed by atoms with Crippen molar-refractivity contribution >= 4 is 23.4 Å². The molecule has 0 radical (unpaired) electrons. The minimum atomic E-state index is -0.141. The van der Waals surface area contributed by atoms with Gasteiger partial charge in [0.1, 0.15) is 11.4 Å². The van der Waals surface area contributed by atoms with Gasteiger partial charge in [-0.15, -0.1) is 0 Å². The maximum atomic E-state index is 12.7. The summed E-state index contributed by atoms with van der Waals surface area (Å²) < 4.78 is 5.10. The van der Waals surface area contributed by atoms with Crippen molar-refractivity contribution in [3.05, 3.63) is 58.9 Å². The van der Waals surface area contributed by atoms with E-state index < -0.39 is 0 Å². The van der Waals surface area contributed by atoms with Crippen molar-refractivity contribution in [1.29, 1.82) is 0 Å². The number of hydrogen-bond acceptors (Lipinski definition) is 4. The summed E-state index contributed by atoms with van der Waals surface area (Å²) in [4.78, 5) is 32.5. The van der Waals surface area contributed by atoms with Gasteiger partial charge in [-0.25, -0.2) is 0 Å². The van der Waals surface area contributed by atoms with E-state index in [1.165, 1.54) is 0 Å². The Bertz CT molecular complexity index is 774. The van der Waals surface area contributed by atoms with Crippen molar-refractivity contribution < 1.29 is 14.3 Å². The second-order valence-electron chi connectivity index (χ2n) is 5.65. The third-order valence-electron chi connectivity index (χ3n) is 4.14. The first-order valence-electron chi connectivity index (χ1n) is 7.93. The molecule has 0 unspecified atom stereocenters. The van der Waals surface area contributed by atoms with Crippen LogP contribution in [0, 0.1) is 0 Å². The molecule has 1 aliphatic rings. The number of piperazine rings is 1. The molecule has 25 heavy (non-hydrogen) atoms. The highest BCUT2D eigenvalue weighted by Gasteiger charge is 2.26. The second kappa shape index (κ2) is 7.53. The molecule has 7 heteroatoms. The predicted octanol–water partition coefficient (Wildman–Crippen LogP) is 2.34. The van der Waals surface area contributed by atoms with Crippen LogP contribution in [0.4, 0.5) is 0 Å². The van der Waals surface area contributed by atoms with Gasteiger partial charge in [-0.2, -0.15) is 0 Å². The van der Waals surface area contributed by atoms with Crippen molar-refractivity contribution in [3.63, 3.8) is 0 Å². The van der Waals surface area contributed by atoms with Gasteiger partial charge in [0.25, 0.3) is 11.8 Å². The lowest BCUT2D eigenvalue weighted by atomic mass is 10.1. The number of carbonyl (C=O) groups is 2. The molecule has 0 N–H and O–H groups in total. The molecule has 2 heterocycles. The molecule has 0 bridgehead atoms. The predicted molar refractivity (Wildman–Crippen MR) is 94.0 cm³/mol. The summed E-state index contributed by atoms with van der Waals surface area (Å²) in [6.45, 7) is 1.85. The van der Waals surface area contributed by atoms with E-state index in [2.05, 4.69) is 4.98 Å². The summed E-state index contributed by atoms with van der Waals surface area (Å²) >= 11 is 6.18. The largest absolute Gasteiger partial charge is 0.497 e. The second-order valence-corrected chi connectivity index (χ2v) is 6.05. The lowest BCUT2D eigenvalue weighted by Gasteiger charge is -2.34. The maximum absolute atomic E-state index is 12.7. The fourth-order valence-electron chi connectivity index (χ4n) is 2.73. The van der Waals surface area contributed by atoms with E-state index in [-0.39, 0.29) is 11.8 Å². The quantitative estimate of drug-likeness (QED) is 0.843. The third-order valence-corrected chi connectivity index (χ3v) is 4.46. The molecule has 2 aromatic rings. The lowest BCUT2D eigenvalue weighted by Crippen LogP contribution is -2.50. The van der Waals surface area contributed by atoms with Crippen LogP contribution in [0.15, 0.2) is 42.6 Å². The first kappa shape index (κ1) is 17.2. The number of methoxy groups -OCH3 is 1. The van der Waals surface area contributed by atoms with Crippen molar-refractivity contribution in [2.24, 2.45) is 0 Å². The first-order valence-corrected chi connectivity index (χ1v) is 8.31. The van der Waals surface area contributed by atoms with Crippen LogP contribution in [-0.4, -0.2) is 59.9 Å². The van der Waals surface area contributed by atoms with Crippen molar-refractivity contribution in [1.82, 2.24) is 14.8 Å². The van der Waals surface area contributed by atoms with Gasteiger partial charge in [0.2, 0.25) is 0 Å². The standard InChI is InChI=1S/C18H18ClN3O3/c1-25-13-5-6-14(15(19)12-13)17(23)21-8-10-22(11-9-21)18(24)16-4-2-3-7-20-16/h2-7,12H,8-11H2,1H3. The Morgan fingerprint density at radius 1 is 1.04 bits per heavy atom. The maximum Gasteiger partial charge on any atom is 0.272 e. The van der Waals surface area contributed by atoms with Gasteiger partial charge in [-0.05, 0) is 30.3 Å². The number of pyridine rings is 1. The zero-order valence-corrected chi connectivity index (χ0v) is 14.6. The molecule has 1 aromatic carbocycles. The average Bonchev–Trinajstić information content (AvgIpc) is 2.67. The fraction of sp³-hybridized carbons (Fsp3) is 0.278. The van der Waals surface area contributed by atoms with E-state index >= 15 is 0 Å². The Kier molecular flexibility index (Phi) is 5.19. The summed E-state index contributed by atoms with van der Waals surface area (Å²) in [7, 11) is 1.55. The molecule has 1 fully saturated rings. The highest BCUT2D eigenvalue weighted by Crippen LogP contribution is 2.24. The minimum Gasteiger partial charge on any atom is -0.497 e. The minimum absolute atomic E-state index is 0.116. The van der Waals surface area contributed by atoms with Crippen LogP contribution in [-0.2, 0) is 0 Å². The molecule has 0 saturated carbocycles. The summed E-state index contributed by atoms with van der Waals surface area (Å²) in [6, 6.07) is 10.2. The van der Waals surface area contributed by atoms with Gasteiger partial charge in [0.15, 0.2) is 0 Å². The van der Waals surface area contributed by atoms with E-state index in [0.717, 1.165) is 0 Å². The number of nitrogens with zero attached hydrogens (tertiary/aromatic N) is 3. The van der Waals surface area contributed by atoms with Gasteiger partial charge < -0.3 is 14.5 Å². The Balaban J connectivity index is 1.64. The van der Waals surface area contributed by atoms with Crippen molar-refractivity contribution in [2.45, 2.75) is 0 Å². The monoisotopic (exact) mass is 359 g/mol. The summed E-state index contributed by atoms with van der Waals surface area (Å²) in [6.07, 6.45) is 1.60. The van der Waals surface area contributed by atoms with Crippen molar-refractivity contribution in [3.8, 4) is 5.75 Å². The van der Waals surface area contributed by atoms with Crippen LogP contribution in [0.2, 0.25) is 5.02 Å². The summed E-state index contributed by atoms with van der Waals surface area (Å²) in [5.41, 5.74) is 0.854. The van der Waals surface area contributed by atoms with Gasteiger partial charge >= 0.3 is 0 Å². The number of aromatic nitrogens is 1. The summed E-state index contributed by atoms with van der Waals surface area (Å²) in [5.74, 6) is 0.347. The van der Waals surface area contributed by atoms with Crippen LogP contribution in [0.1, 0.15) is 20.8 Å². The normalized spacial score (nSPS) is 14.3. The van der Waals surface area contributed by atoms with E-state index in [1.54, 1.807) is 59.5 Å². The van der Waals surface area contributed by atoms with E-state index in [1.807, 2.05) is 0 Å². The van der Waals surface area contributed by atoms with Crippen LogP contribution < -0.4 is 4.74 Å². The number of benzene rings is 1. The number of hydrogen-bond donors (Lipinski definition) is 0. The zero-order chi connectivity index (χ0) is 17.8. The highest BCUT2D eigenvalue weighted by atomic mass is 35.5. The Morgan fingerprint density at radius 3 is 2.28 bits per heavy atom. The molecule has 6 nitrogen and oxygen atoms in total. The number of ether oxygens (including phenoxy) is 1. The highest BCUT2D eigenvalue weighted by molar-refractivity contribution is 6.34. The smallest absolute Gasteiger partial charge is 0.272 e. The molecule has 1 aromatic heterocycles. The first-order chi connectivity index (χ1) is 12.1. The average molecular weight is 360 g/mol. The molecule has 1 aliphatic heterocycles. The Hall–Kier alpha value is -2.60. The number of carbonyl (C=O) groups excluding carboxylic acids is 2. The fourth-order valence-corrected chi connectivity index (χ4v) is 2.98. The van der Waals surface area contributed by atoms with Crippen LogP contribution in [0.3, 0.4) is 0 Å². The number of amides is 2.